The number of carbonyl (C=O) groups excluding carboxylic acids is 2. The summed E-state index contributed by atoms with van der Waals surface area (Å²) in [5.41, 5.74) is 1.81. The van der Waals surface area contributed by atoms with E-state index in [9.17, 15) is 9.59 Å². The lowest BCUT2D eigenvalue weighted by Gasteiger charge is -2.34. The first-order chi connectivity index (χ1) is 11.1. The van der Waals surface area contributed by atoms with Crippen LogP contribution in [0, 0.1) is 6.92 Å². The van der Waals surface area contributed by atoms with Crippen LogP contribution >= 0.6 is 11.3 Å². The summed E-state index contributed by atoms with van der Waals surface area (Å²) in [5.74, 6) is 0.203. The Labute approximate surface area is 140 Å². The Hall–Kier alpha value is -2.14. The van der Waals surface area contributed by atoms with Gasteiger partial charge in [0.2, 0.25) is 5.91 Å². The molecule has 0 N–H and O–H groups in total. The maximum Gasteiger partial charge on any atom is 0.253 e. The van der Waals surface area contributed by atoms with Gasteiger partial charge in [0.15, 0.2) is 0 Å². The van der Waals surface area contributed by atoms with E-state index in [1.165, 1.54) is 0 Å². The van der Waals surface area contributed by atoms with Crippen LogP contribution in [0.5, 0.6) is 0 Å². The average molecular weight is 328 g/mol. The predicted molar refractivity (Wildman–Crippen MR) is 91.7 cm³/mol. The monoisotopic (exact) mass is 328 g/mol. The Morgan fingerprint density at radius 1 is 1.04 bits per heavy atom. The Bertz CT molecular complexity index is 689. The molecule has 0 bridgehead atoms. The molecule has 1 fully saturated rings. The molecule has 0 spiro atoms. The van der Waals surface area contributed by atoms with Gasteiger partial charge in [-0.05, 0) is 30.5 Å². The molecule has 2 aromatic rings. The van der Waals surface area contributed by atoms with Crippen molar-refractivity contribution in [3.05, 3.63) is 57.8 Å². The van der Waals surface area contributed by atoms with Crippen LogP contribution in [-0.4, -0.2) is 47.8 Å². The molecule has 1 aromatic carbocycles. The van der Waals surface area contributed by atoms with Crippen molar-refractivity contribution in [3.63, 3.8) is 0 Å². The molecule has 5 heteroatoms. The zero-order valence-electron chi connectivity index (χ0n) is 13.2. The first-order valence-corrected chi connectivity index (χ1v) is 8.67. The van der Waals surface area contributed by atoms with Gasteiger partial charge in [0.25, 0.3) is 5.91 Å². The Kier molecular flexibility index (Phi) is 4.76. The average Bonchev–Trinajstić information content (AvgIpc) is 3.07. The first-order valence-electron chi connectivity index (χ1n) is 7.79. The quantitative estimate of drug-likeness (QED) is 0.869. The lowest BCUT2D eigenvalue weighted by Crippen LogP contribution is -2.51. The fraction of sp³-hybridized carbons (Fsp3) is 0.333. The maximum absolute atomic E-state index is 12.5. The molecular formula is C18H20N2O2S. The number of hydrogen-bond donors (Lipinski definition) is 0. The van der Waals surface area contributed by atoms with E-state index >= 15 is 0 Å². The fourth-order valence-electron chi connectivity index (χ4n) is 2.79. The van der Waals surface area contributed by atoms with Gasteiger partial charge in [-0.15, -0.1) is 11.3 Å². The van der Waals surface area contributed by atoms with E-state index in [-0.39, 0.29) is 11.8 Å². The maximum atomic E-state index is 12.5. The molecule has 1 aliphatic heterocycles. The standard InChI is InChI=1S/C18H20N2O2S/c1-14-4-2-5-15(12-14)18(22)20-9-7-19(8-10-20)17(21)13-16-6-3-11-23-16/h2-6,11-12H,7-10,13H2,1H3. The highest BCUT2D eigenvalue weighted by atomic mass is 32.1. The number of aryl methyl sites for hydroxylation is 1. The normalized spacial score (nSPS) is 14.8. The highest BCUT2D eigenvalue weighted by Crippen LogP contribution is 2.14. The van der Waals surface area contributed by atoms with Crippen LogP contribution in [0.1, 0.15) is 20.8 Å². The zero-order valence-corrected chi connectivity index (χ0v) is 14.0. The molecule has 120 valence electrons. The van der Waals surface area contributed by atoms with Crippen LogP contribution in [0.2, 0.25) is 0 Å². The number of rotatable bonds is 3. The lowest BCUT2D eigenvalue weighted by molar-refractivity contribution is -0.131. The van der Waals surface area contributed by atoms with Gasteiger partial charge in [-0.1, -0.05) is 23.8 Å². The van der Waals surface area contributed by atoms with Gasteiger partial charge in [0, 0.05) is 36.6 Å². The van der Waals surface area contributed by atoms with Crippen molar-refractivity contribution in [2.45, 2.75) is 13.3 Å². The molecule has 3 rings (SSSR count). The summed E-state index contributed by atoms with van der Waals surface area (Å²) < 4.78 is 0. The minimum Gasteiger partial charge on any atom is -0.339 e. The van der Waals surface area contributed by atoms with Crippen molar-refractivity contribution in [3.8, 4) is 0 Å². The summed E-state index contributed by atoms with van der Waals surface area (Å²) in [6.07, 6.45) is 0.462. The summed E-state index contributed by atoms with van der Waals surface area (Å²) in [5, 5.41) is 1.99. The molecule has 2 heterocycles. The van der Waals surface area contributed by atoms with Crippen molar-refractivity contribution < 1.29 is 9.59 Å². The molecule has 23 heavy (non-hydrogen) atoms. The third-order valence-electron chi connectivity index (χ3n) is 4.09. The van der Waals surface area contributed by atoms with E-state index in [1.807, 2.05) is 58.5 Å². The molecule has 4 nitrogen and oxygen atoms in total. The zero-order chi connectivity index (χ0) is 16.2. The van der Waals surface area contributed by atoms with Gasteiger partial charge in [-0.3, -0.25) is 9.59 Å². The highest BCUT2D eigenvalue weighted by Gasteiger charge is 2.24. The van der Waals surface area contributed by atoms with E-state index in [2.05, 4.69) is 0 Å². The van der Waals surface area contributed by atoms with Crippen LogP contribution in [0.15, 0.2) is 41.8 Å². The van der Waals surface area contributed by atoms with Crippen LogP contribution in [0.3, 0.4) is 0 Å². The minimum absolute atomic E-state index is 0.0547. The van der Waals surface area contributed by atoms with Crippen molar-refractivity contribution in [1.82, 2.24) is 9.80 Å². The topological polar surface area (TPSA) is 40.6 Å². The van der Waals surface area contributed by atoms with Crippen molar-refractivity contribution in [1.29, 1.82) is 0 Å². The molecule has 2 amide bonds. The molecule has 0 saturated carbocycles. The number of amides is 2. The molecule has 1 aliphatic rings. The highest BCUT2D eigenvalue weighted by molar-refractivity contribution is 7.10. The van der Waals surface area contributed by atoms with E-state index in [0.717, 1.165) is 16.0 Å². The summed E-state index contributed by atoms with van der Waals surface area (Å²) >= 11 is 1.61. The molecular weight excluding hydrogens is 308 g/mol. The third kappa shape index (κ3) is 3.79. The van der Waals surface area contributed by atoms with Crippen LogP contribution < -0.4 is 0 Å². The number of benzene rings is 1. The van der Waals surface area contributed by atoms with Crippen LogP contribution in [-0.2, 0) is 11.2 Å². The van der Waals surface area contributed by atoms with Gasteiger partial charge < -0.3 is 9.80 Å². The van der Waals surface area contributed by atoms with Gasteiger partial charge in [0.1, 0.15) is 0 Å². The first kappa shape index (κ1) is 15.7. The van der Waals surface area contributed by atoms with Gasteiger partial charge in [0.05, 0.1) is 6.42 Å². The number of nitrogens with zero attached hydrogens (tertiary/aromatic N) is 2. The van der Waals surface area contributed by atoms with E-state index in [4.69, 9.17) is 0 Å². The molecule has 1 aromatic heterocycles. The molecule has 0 unspecified atom stereocenters. The molecule has 0 radical (unpaired) electrons. The minimum atomic E-state index is 0.0547. The van der Waals surface area contributed by atoms with E-state index in [0.29, 0.717) is 32.6 Å². The van der Waals surface area contributed by atoms with E-state index < -0.39 is 0 Å². The summed E-state index contributed by atoms with van der Waals surface area (Å²) in [7, 11) is 0. The Morgan fingerprint density at radius 2 is 1.78 bits per heavy atom. The van der Waals surface area contributed by atoms with Gasteiger partial charge in [-0.25, -0.2) is 0 Å². The van der Waals surface area contributed by atoms with Crippen LogP contribution in [0.4, 0.5) is 0 Å². The fourth-order valence-corrected chi connectivity index (χ4v) is 3.49. The van der Waals surface area contributed by atoms with Crippen LogP contribution in [0.25, 0.3) is 0 Å². The van der Waals surface area contributed by atoms with Crippen molar-refractivity contribution in [2.24, 2.45) is 0 Å². The second-order valence-corrected chi connectivity index (χ2v) is 6.83. The van der Waals surface area contributed by atoms with Crippen molar-refractivity contribution in [2.75, 3.05) is 26.2 Å². The lowest BCUT2D eigenvalue weighted by atomic mass is 10.1. The number of hydrogen-bond acceptors (Lipinski definition) is 3. The SMILES string of the molecule is Cc1cccc(C(=O)N2CCN(C(=O)Cc3cccs3)CC2)c1. The third-order valence-corrected chi connectivity index (χ3v) is 4.97. The predicted octanol–water partition coefficient (Wildman–Crippen LogP) is 2.58. The summed E-state index contributed by atoms with van der Waals surface area (Å²) in [4.78, 5) is 29.6. The second-order valence-electron chi connectivity index (χ2n) is 5.80. The molecule has 0 aliphatic carbocycles. The van der Waals surface area contributed by atoms with Gasteiger partial charge >= 0.3 is 0 Å². The largest absolute Gasteiger partial charge is 0.339 e. The molecule has 0 atom stereocenters. The Balaban J connectivity index is 1.55. The summed E-state index contributed by atoms with van der Waals surface area (Å²) in [6.45, 7) is 4.41. The smallest absolute Gasteiger partial charge is 0.253 e. The Morgan fingerprint density at radius 3 is 2.43 bits per heavy atom. The number of piperazine rings is 1. The molecule has 1 saturated heterocycles. The van der Waals surface area contributed by atoms with E-state index in [1.54, 1.807) is 11.3 Å². The van der Waals surface area contributed by atoms with Crippen molar-refractivity contribution >= 4 is 23.2 Å². The summed E-state index contributed by atoms with van der Waals surface area (Å²) in [6, 6.07) is 11.6. The number of carbonyl (C=O) groups is 2. The second kappa shape index (κ2) is 6.96. The van der Waals surface area contributed by atoms with Gasteiger partial charge in [-0.2, -0.15) is 0 Å². The number of thiophene rings is 1.